The third-order valence-corrected chi connectivity index (χ3v) is 4.84. The number of halogens is 1. The third kappa shape index (κ3) is 3.48. The molecule has 1 aromatic carbocycles. The van der Waals surface area contributed by atoms with Crippen LogP contribution in [-0.4, -0.2) is 11.1 Å². The van der Waals surface area contributed by atoms with Gasteiger partial charge in [-0.15, -0.1) is 0 Å². The molecule has 0 amide bonds. The molecule has 0 spiro atoms. The number of nitrogens with one attached hydrogen (secondary N) is 1. The number of benzene rings is 1. The van der Waals surface area contributed by atoms with Gasteiger partial charge in [-0.1, -0.05) is 19.9 Å². The highest BCUT2D eigenvalue weighted by Crippen LogP contribution is 2.29. The first-order valence-corrected chi connectivity index (χ1v) is 7.56. The zero-order valence-corrected chi connectivity index (χ0v) is 12.7. The highest BCUT2D eigenvalue weighted by molar-refractivity contribution is 9.10. The topological polar surface area (TPSA) is 32.3 Å². The molecule has 100 valence electrons. The van der Waals surface area contributed by atoms with E-state index in [2.05, 4.69) is 35.1 Å². The van der Waals surface area contributed by atoms with Crippen LogP contribution in [0.3, 0.4) is 0 Å². The van der Waals surface area contributed by atoms with Gasteiger partial charge in [0, 0.05) is 12.6 Å². The Balaban J connectivity index is 1.86. The normalized spacial score (nSPS) is 28.3. The van der Waals surface area contributed by atoms with Crippen molar-refractivity contribution in [3.63, 3.8) is 0 Å². The van der Waals surface area contributed by atoms with Crippen LogP contribution in [0.2, 0.25) is 0 Å². The number of hydrogen-bond donors (Lipinski definition) is 2. The fraction of sp³-hybridized carbons (Fsp3) is 0.600. The molecule has 2 nitrogen and oxygen atoms in total. The zero-order chi connectivity index (χ0) is 13.1. The minimum absolute atomic E-state index is 0.305. The Morgan fingerprint density at radius 3 is 2.72 bits per heavy atom. The van der Waals surface area contributed by atoms with Gasteiger partial charge in [0.05, 0.1) is 4.47 Å². The van der Waals surface area contributed by atoms with Crippen molar-refractivity contribution in [1.82, 2.24) is 5.32 Å². The van der Waals surface area contributed by atoms with E-state index in [0.717, 1.165) is 22.9 Å². The maximum absolute atomic E-state index is 9.46. The molecule has 0 aliphatic heterocycles. The maximum atomic E-state index is 9.46. The Bertz CT molecular complexity index is 407. The van der Waals surface area contributed by atoms with Crippen LogP contribution in [0.5, 0.6) is 5.75 Å². The van der Waals surface area contributed by atoms with Gasteiger partial charge in [0.2, 0.25) is 0 Å². The summed E-state index contributed by atoms with van der Waals surface area (Å²) in [6, 6.07) is 6.34. The monoisotopic (exact) mass is 311 g/mol. The molecule has 2 rings (SSSR count). The van der Waals surface area contributed by atoms with E-state index >= 15 is 0 Å². The van der Waals surface area contributed by atoms with E-state index < -0.39 is 0 Å². The van der Waals surface area contributed by atoms with E-state index in [1.807, 2.05) is 12.1 Å². The molecule has 3 unspecified atom stereocenters. The van der Waals surface area contributed by atoms with E-state index in [0.29, 0.717) is 11.8 Å². The van der Waals surface area contributed by atoms with Crippen molar-refractivity contribution in [3.05, 3.63) is 28.2 Å². The summed E-state index contributed by atoms with van der Waals surface area (Å²) in [5.41, 5.74) is 1.21. The molecule has 1 aliphatic carbocycles. The van der Waals surface area contributed by atoms with Crippen LogP contribution in [0.25, 0.3) is 0 Å². The van der Waals surface area contributed by atoms with Crippen molar-refractivity contribution in [2.45, 2.75) is 45.7 Å². The average Bonchev–Trinajstić information content (AvgIpc) is 2.35. The molecular formula is C15H22BrNO. The smallest absolute Gasteiger partial charge is 0.129 e. The zero-order valence-electron chi connectivity index (χ0n) is 11.1. The number of aromatic hydroxyl groups is 1. The van der Waals surface area contributed by atoms with Gasteiger partial charge in [-0.3, -0.25) is 0 Å². The Kier molecular flexibility index (Phi) is 4.68. The number of hydrogen-bond acceptors (Lipinski definition) is 2. The first kappa shape index (κ1) is 13.9. The SMILES string of the molecule is CC1CCC(NCc2ccc(O)c(Br)c2)CC1C. The van der Waals surface area contributed by atoms with Gasteiger partial charge in [0.25, 0.3) is 0 Å². The highest BCUT2D eigenvalue weighted by Gasteiger charge is 2.23. The molecule has 3 atom stereocenters. The van der Waals surface area contributed by atoms with E-state index in [1.165, 1.54) is 24.8 Å². The first-order valence-electron chi connectivity index (χ1n) is 6.77. The van der Waals surface area contributed by atoms with Crippen LogP contribution in [-0.2, 0) is 6.54 Å². The molecule has 0 aromatic heterocycles. The van der Waals surface area contributed by atoms with Crippen molar-refractivity contribution < 1.29 is 5.11 Å². The van der Waals surface area contributed by atoms with Crippen LogP contribution >= 0.6 is 15.9 Å². The fourth-order valence-corrected chi connectivity index (χ4v) is 3.08. The van der Waals surface area contributed by atoms with Gasteiger partial charge in [-0.2, -0.15) is 0 Å². The van der Waals surface area contributed by atoms with Crippen LogP contribution in [0, 0.1) is 11.8 Å². The minimum Gasteiger partial charge on any atom is -0.507 e. The second kappa shape index (κ2) is 6.07. The Hall–Kier alpha value is -0.540. The van der Waals surface area contributed by atoms with E-state index in [9.17, 15) is 5.11 Å². The second-order valence-corrected chi connectivity index (χ2v) is 6.49. The predicted octanol–water partition coefficient (Wildman–Crippen LogP) is 4.07. The predicted molar refractivity (Wildman–Crippen MR) is 78.6 cm³/mol. The van der Waals surface area contributed by atoms with Gasteiger partial charge >= 0.3 is 0 Å². The van der Waals surface area contributed by atoms with Crippen LogP contribution < -0.4 is 5.32 Å². The van der Waals surface area contributed by atoms with E-state index in [4.69, 9.17) is 0 Å². The van der Waals surface area contributed by atoms with Crippen molar-refractivity contribution >= 4 is 15.9 Å². The lowest BCUT2D eigenvalue weighted by molar-refractivity contribution is 0.225. The molecule has 0 radical (unpaired) electrons. The summed E-state index contributed by atoms with van der Waals surface area (Å²) in [6.45, 7) is 5.60. The van der Waals surface area contributed by atoms with Crippen LogP contribution in [0.1, 0.15) is 38.7 Å². The number of phenols is 1. The summed E-state index contributed by atoms with van der Waals surface area (Å²) in [5.74, 6) is 1.99. The summed E-state index contributed by atoms with van der Waals surface area (Å²) < 4.78 is 0.771. The summed E-state index contributed by atoms with van der Waals surface area (Å²) in [5, 5.41) is 13.1. The van der Waals surface area contributed by atoms with E-state index in [1.54, 1.807) is 6.07 Å². The molecule has 0 bridgehead atoms. The molecule has 1 aliphatic rings. The Morgan fingerprint density at radius 1 is 1.28 bits per heavy atom. The number of rotatable bonds is 3. The quantitative estimate of drug-likeness (QED) is 0.882. The lowest BCUT2D eigenvalue weighted by atomic mass is 9.79. The van der Waals surface area contributed by atoms with Crippen molar-refractivity contribution in [1.29, 1.82) is 0 Å². The third-order valence-electron chi connectivity index (χ3n) is 4.21. The first-order chi connectivity index (χ1) is 8.56. The van der Waals surface area contributed by atoms with Gasteiger partial charge in [0.15, 0.2) is 0 Å². The standard InChI is InChI=1S/C15H22BrNO/c1-10-3-5-13(7-11(10)2)17-9-12-4-6-15(18)14(16)8-12/h4,6,8,10-11,13,17-18H,3,5,7,9H2,1-2H3. The molecule has 3 heteroatoms. The number of phenolic OH excluding ortho intramolecular Hbond substituents is 1. The molecule has 1 saturated carbocycles. The van der Waals surface area contributed by atoms with Gasteiger partial charge in [-0.25, -0.2) is 0 Å². The molecule has 0 saturated heterocycles. The summed E-state index contributed by atoms with van der Waals surface area (Å²) in [7, 11) is 0. The van der Waals surface area contributed by atoms with Crippen molar-refractivity contribution in [3.8, 4) is 5.75 Å². The Labute approximate surface area is 118 Å². The van der Waals surface area contributed by atoms with Gasteiger partial charge < -0.3 is 10.4 Å². The molecule has 2 N–H and O–H groups in total. The average molecular weight is 312 g/mol. The highest BCUT2D eigenvalue weighted by atomic mass is 79.9. The van der Waals surface area contributed by atoms with Crippen molar-refractivity contribution in [2.24, 2.45) is 11.8 Å². The van der Waals surface area contributed by atoms with Crippen LogP contribution in [0.15, 0.2) is 22.7 Å². The molecular weight excluding hydrogens is 290 g/mol. The largest absolute Gasteiger partial charge is 0.507 e. The molecule has 1 fully saturated rings. The lowest BCUT2D eigenvalue weighted by Gasteiger charge is -2.32. The molecule has 18 heavy (non-hydrogen) atoms. The summed E-state index contributed by atoms with van der Waals surface area (Å²) >= 11 is 3.35. The fourth-order valence-electron chi connectivity index (χ4n) is 2.66. The van der Waals surface area contributed by atoms with Crippen LogP contribution in [0.4, 0.5) is 0 Å². The molecule has 1 aromatic rings. The van der Waals surface area contributed by atoms with Gasteiger partial charge in [-0.05, 0) is 64.7 Å². The Morgan fingerprint density at radius 2 is 2.06 bits per heavy atom. The maximum Gasteiger partial charge on any atom is 0.129 e. The summed E-state index contributed by atoms with van der Waals surface area (Å²) in [6.07, 6.45) is 3.89. The van der Waals surface area contributed by atoms with E-state index in [-0.39, 0.29) is 0 Å². The lowest BCUT2D eigenvalue weighted by Crippen LogP contribution is -2.35. The minimum atomic E-state index is 0.305. The second-order valence-electron chi connectivity index (χ2n) is 5.63. The molecule has 0 heterocycles. The summed E-state index contributed by atoms with van der Waals surface area (Å²) in [4.78, 5) is 0. The van der Waals surface area contributed by atoms with Gasteiger partial charge in [0.1, 0.15) is 5.75 Å². The van der Waals surface area contributed by atoms with Crippen molar-refractivity contribution in [2.75, 3.05) is 0 Å².